The molecule has 0 saturated heterocycles. The molecule has 0 unspecified atom stereocenters. The van der Waals surface area contributed by atoms with Crippen LogP contribution in [0.15, 0.2) is 23.1 Å². The number of ether oxygens (including phenoxy) is 1. The van der Waals surface area contributed by atoms with Crippen molar-refractivity contribution in [1.82, 2.24) is 9.62 Å². The second-order valence-corrected chi connectivity index (χ2v) is 6.77. The number of carbonyl (C=O) groups is 1. The maximum Gasteiger partial charge on any atom is 0.240 e. The minimum Gasteiger partial charge on any atom is -0.491 e. The van der Waals surface area contributed by atoms with Gasteiger partial charge in [0.2, 0.25) is 15.9 Å². The van der Waals surface area contributed by atoms with Gasteiger partial charge in [-0.25, -0.2) is 13.1 Å². The van der Waals surface area contributed by atoms with Gasteiger partial charge in [0.15, 0.2) is 0 Å². The van der Waals surface area contributed by atoms with Crippen LogP contribution in [0.3, 0.4) is 0 Å². The van der Waals surface area contributed by atoms with E-state index in [9.17, 15) is 13.2 Å². The van der Waals surface area contributed by atoms with Gasteiger partial charge in [0.25, 0.3) is 0 Å². The van der Waals surface area contributed by atoms with Gasteiger partial charge < -0.3 is 15.0 Å². The molecule has 2 rings (SSSR count). The van der Waals surface area contributed by atoms with Crippen LogP contribution in [-0.2, 0) is 14.8 Å². The van der Waals surface area contributed by atoms with Crippen molar-refractivity contribution in [2.24, 2.45) is 0 Å². The molecule has 1 heterocycles. The number of amides is 1. The number of nitrogens with zero attached hydrogens (tertiary/aromatic N) is 1. The summed E-state index contributed by atoms with van der Waals surface area (Å²) in [6, 6.07) is 4.44. The Kier molecular flexibility index (Phi) is 4.81. The average Bonchev–Trinajstić information content (AvgIpc) is 2.57. The zero-order valence-corrected chi connectivity index (χ0v) is 12.9. The van der Waals surface area contributed by atoms with Crippen LogP contribution in [0.4, 0.5) is 5.69 Å². The van der Waals surface area contributed by atoms with Crippen molar-refractivity contribution >= 4 is 21.6 Å². The number of anilines is 1. The van der Waals surface area contributed by atoms with Crippen molar-refractivity contribution in [2.45, 2.75) is 11.3 Å². The normalized spacial score (nSPS) is 15.1. The second kappa shape index (κ2) is 6.42. The van der Waals surface area contributed by atoms with E-state index >= 15 is 0 Å². The van der Waals surface area contributed by atoms with Crippen molar-refractivity contribution < 1.29 is 17.9 Å². The lowest BCUT2D eigenvalue weighted by Gasteiger charge is -2.12. The van der Waals surface area contributed by atoms with E-state index in [4.69, 9.17) is 4.74 Å². The summed E-state index contributed by atoms with van der Waals surface area (Å²) in [5.74, 6) is 0.289. The largest absolute Gasteiger partial charge is 0.491 e. The van der Waals surface area contributed by atoms with Gasteiger partial charge in [-0.2, -0.15) is 0 Å². The zero-order chi connectivity index (χ0) is 15.5. The molecule has 1 aliphatic rings. The summed E-state index contributed by atoms with van der Waals surface area (Å²) in [6.45, 7) is 1.20. The van der Waals surface area contributed by atoms with E-state index in [2.05, 4.69) is 10.0 Å². The van der Waals surface area contributed by atoms with Crippen LogP contribution in [0.2, 0.25) is 0 Å². The third kappa shape index (κ3) is 4.16. The van der Waals surface area contributed by atoms with Crippen LogP contribution in [0.5, 0.6) is 5.75 Å². The van der Waals surface area contributed by atoms with Gasteiger partial charge in [0, 0.05) is 13.1 Å². The summed E-state index contributed by atoms with van der Waals surface area (Å²) in [5.41, 5.74) is 0.382. The lowest BCUT2D eigenvalue weighted by atomic mass is 10.3. The SMILES string of the molecule is CN(C)CCNS(=O)(=O)c1ccc2c(c1)NC(=O)CCO2. The first-order valence-corrected chi connectivity index (χ1v) is 8.08. The van der Waals surface area contributed by atoms with Crippen molar-refractivity contribution in [1.29, 1.82) is 0 Å². The molecule has 116 valence electrons. The van der Waals surface area contributed by atoms with Crippen LogP contribution in [0.25, 0.3) is 0 Å². The zero-order valence-electron chi connectivity index (χ0n) is 12.0. The molecule has 21 heavy (non-hydrogen) atoms. The van der Waals surface area contributed by atoms with Gasteiger partial charge in [0.1, 0.15) is 5.75 Å². The molecule has 1 aliphatic heterocycles. The fourth-order valence-corrected chi connectivity index (χ4v) is 2.90. The van der Waals surface area contributed by atoms with Gasteiger partial charge in [-0.15, -0.1) is 0 Å². The van der Waals surface area contributed by atoms with Crippen molar-refractivity contribution in [3.8, 4) is 5.75 Å². The van der Waals surface area contributed by atoms with Crippen LogP contribution in [0, 0.1) is 0 Å². The third-order valence-electron chi connectivity index (χ3n) is 2.97. The molecule has 1 amide bonds. The van der Waals surface area contributed by atoms with E-state index in [1.807, 2.05) is 19.0 Å². The first kappa shape index (κ1) is 15.7. The summed E-state index contributed by atoms with van der Waals surface area (Å²) in [4.78, 5) is 13.5. The Balaban J connectivity index is 2.18. The number of benzene rings is 1. The molecule has 0 fully saturated rings. The van der Waals surface area contributed by atoms with E-state index in [1.165, 1.54) is 12.1 Å². The molecule has 0 aliphatic carbocycles. The molecule has 2 N–H and O–H groups in total. The highest BCUT2D eigenvalue weighted by atomic mass is 32.2. The summed E-state index contributed by atoms with van der Waals surface area (Å²) >= 11 is 0. The second-order valence-electron chi connectivity index (χ2n) is 5.01. The maximum atomic E-state index is 12.2. The van der Waals surface area contributed by atoms with Gasteiger partial charge >= 0.3 is 0 Å². The molecule has 0 bridgehead atoms. The highest BCUT2D eigenvalue weighted by molar-refractivity contribution is 7.89. The molecule has 0 spiro atoms. The lowest BCUT2D eigenvalue weighted by molar-refractivity contribution is -0.116. The predicted octanol–water partition coefficient (Wildman–Crippen LogP) is 0.248. The average molecular weight is 313 g/mol. The standard InChI is InChI=1S/C13H19N3O4S/c1-16(2)7-6-14-21(18,19)10-3-4-12-11(9-10)15-13(17)5-8-20-12/h3-4,9,14H,5-8H2,1-2H3,(H,15,17). The van der Waals surface area contributed by atoms with Crippen molar-refractivity contribution in [2.75, 3.05) is 39.1 Å². The number of nitrogens with one attached hydrogen (secondary N) is 2. The molecule has 1 aromatic rings. The van der Waals surface area contributed by atoms with E-state index in [-0.39, 0.29) is 23.8 Å². The van der Waals surface area contributed by atoms with E-state index in [0.717, 1.165) is 0 Å². The number of rotatable bonds is 5. The highest BCUT2D eigenvalue weighted by Gasteiger charge is 2.19. The third-order valence-corrected chi connectivity index (χ3v) is 4.43. The Bertz CT molecular complexity index is 628. The fraction of sp³-hybridized carbons (Fsp3) is 0.462. The number of hydrogen-bond donors (Lipinski definition) is 2. The molecular weight excluding hydrogens is 294 g/mol. The Labute approximate surface area is 124 Å². The Morgan fingerprint density at radius 1 is 1.38 bits per heavy atom. The number of likely N-dealkylation sites (N-methyl/N-ethyl adjacent to an activating group) is 1. The number of fused-ring (bicyclic) bond motifs is 1. The van der Waals surface area contributed by atoms with Gasteiger partial charge in [-0.05, 0) is 32.3 Å². The first-order chi connectivity index (χ1) is 9.88. The quantitative estimate of drug-likeness (QED) is 0.813. The molecule has 1 aromatic carbocycles. The smallest absolute Gasteiger partial charge is 0.240 e. The van der Waals surface area contributed by atoms with Crippen molar-refractivity contribution in [3.63, 3.8) is 0 Å². The molecular formula is C13H19N3O4S. The van der Waals surface area contributed by atoms with E-state index < -0.39 is 10.0 Å². The Morgan fingerprint density at radius 2 is 2.14 bits per heavy atom. The summed E-state index contributed by atoms with van der Waals surface area (Å²) in [5, 5.41) is 2.64. The summed E-state index contributed by atoms with van der Waals surface area (Å²) < 4.78 is 32.3. The number of carbonyl (C=O) groups excluding carboxylic acids is 1. The molecule has 0 aromatic heterocycles. The topological polar surface area (TPSA) is 87.7 Å². The number of sulfonamides is 1. The monoisotopic (exact) mass is 313 g/mol. The van der Waals surface area contributed by atoms with Gasteiger partial charge in [0.05, 0.1) is 23.6 Å². The number of hydrogen-bond acceptors (Lipinski definition) is 5. The van der Waals surface area contributed by atoms with Crippen molar-refractivity contribution in [3.05, 3.63) is 18.2 Å². The highest BCUT2D eigenvalue weighted by Crippen LogP contribution is 2.29. The molecule has 0 atom stereocenters. The molecule has 0 radical (unpaired) electrons. The van der Waals surface area contributed by atoms with E-state index in [1.54, 1.807) is 6.07 Å². The van der Waals surface area contributed by atoms with E-state index in [0.29, 0.717) is 24.5 Å². The molecule has 8 heteroatoms. The lowest BCUT2D eigenvalue weighted by Crippen LogP contribution is -2.31. The molecule has 0 saturated carbocycles. The Morgan fingerprint density at radius 3 is 2.86 bits per heavy atom. The van der Waals surface area contributed by atoms with Crippen LogP contribution in [0.1, 0.15) is 6.42 Å². The fourth-order valence-electron chi connectivity index (χ4n) is 1.85. The first-order valence-electron chi connectivity index (χ1n) is 6.59. The van der Waals surface area contributed by atoms with Gasteiger partial charge in [-0.3, -0.25) is 4.79 Å². The molecule has 7 nitrogen and oxygen atoms in total. The van der Waals surface area contributed by atoms with Crippen LogP contribution >= 0.6 is 0 Å². The van der Waals surface area contributed by atoms with Crippen LogP contribution < -0.4 is 14.8 Å². The maximum absolute atomic E-state index is 12.2. The summed E-state index contributed by atoms with van der Waals surface area (Å²) in [7, 11) is 0.127. The minimum absolute atomic E-state index is 0.103. The summed E-state index contributed by atoms with van der Waals surface area (Å²) in [6.07, 6.45) is 0.248. The van der Waals surface area contributed by atoms with Gasteiger partial charge in [-0.1, -0.05) is 0 Å². The predicted molar refractivity (Wildman–Crippen MR) is 78.9 cm³/mol. The van der Waals surface area contributed by atoms with Crippen LogP contribution in [-0.4, -0.2) is 53.0 Å². The Hall–Kier alpha value is -1.64. The minimum atomic E-state index is -3.60.